The molecule has 0 N–H and O–H groups in total. The van der Waals surface area contributed by atoms with Crippen molar-refractivity contribution >= 4 is 0 Å². The van der Waals surface area contributed by atoms with E-state index in [9.17, 15) is 0 Å². The molecule has 2 aliphatic rings. The molecule has 0 bridgehead atoms. The van der Waals surface area contributed by atoms with Gasteiger partial charge in [0.15, 0.2) is 0 Å². The predicted octanol–water partition coefficient (Wildman–Crippen LogP) is 1.12. The summed E-state index contributed by atoms with van der Waals surface area (Å²) in [6.45, 7) is 4.45. The van der Waals surface area contributed by atoms with Crippen molar-refractivity contribution in [3.8, 4) is 0 Å². The fourth-order valence-electron chi connectivity index (χ4n) is 1.59. The summed E-state index contributed by atoms with van der Waals surface area (Å²) >= 11 is 0. The monoisotopic (exact) mass is 351 g/mol. The van der Waals surface area contributed by atoms with Gasteiger partial charge < -0.3 is 15.5 Å². The zero-order chi connectivity index (χ0) is 6.81. The van der Waals surface area contributed by atoms with Crippen LogP contribution in [0, 0.1) is 0 Å². The van der Waals surface area contributed by atoms with Crippen molar-refractivity contribution in [2.75, 3.05) is 26.2 Å². The van der Waals surface area contributed by atoms with Crippen molar-refractivity contribution in [1.82, 2.24) is 4.90 Å². The Morgan fingerprint density at radius 3 is 1.83 bits per heavy atom. The van der Waals surface area contributed by atoms with Gasteiger partial charge in [-0.05, 0) is 13.1 Å². The van der Waals surface area contributed by atoms with Crippen molar-refractivity contribution in [3.05, 3.63) is 10.6 Å². The topological polar surface area (TPSA) is 31.4 Å². The number of hydrogen-bond donors (Lipinski definition) is 0. The maximum atomic E-state index is 4.41. The van der Waals surface area contributed by atoms with Gasteiger partial charge in [-0.1, -0.05) is 12.8 Å². The van der Waals surface area contributed by atoms with Crippen LogP contribution in [0.25, 0.3) is 10.6 Å². The van der Waals surface area contributed by atoms with Gasteiger partial charge in [0, 0.05) is 40.8 Å². The maximum absolute atomic E-state index is 4.41. The summed E-state index contributed by atoms with van der Waals surface area (Å²) < 4.78 is 0. The van der Waals surface area contributed by atoms with E-state index in [4.69, 9.17) is 0 Å². The Morgan fingerprint density at radius 2 is 1.42 bits per heavy atom. The molecule has 2 heterocycles. The molecule has 0 unspecified atom stereocenters. The van der Waals surface area contributed by atoms with Crippen LogP contribution in [0.5, 0.6) is 0 Å². The molecule has 0 aliphatic carbocycles. The molecule has 0 aromatic rings. The molecule has 0 spiro atoms. The molecular formula is C7H13N3Pd2-2. The first kappa shape index (κ1) is 13.2. The largest absolute Gasteiger partial charge is 0.666 e. The molecule has 2 saturated heterocycles. The first-order valence-electron chi connectivity index (χ1n) is 4.04. The zero-order valence-corrected chi connectivity index (χ0v) is 9.90. The summed E-state index contributed by atoms with van der Waals surface area (Å²) in [7, 11) is 0. The van der Waals surface area contributed by atoms with Gasteiger partial charge in [-0.15, -0.1) is 13.1 Å². The van der Waals surface area contributed by atoms with Crippen LogP contribution in [0.2, 0.25) is 0 Å². The van der Waals surface area contributed by atoms with Crippen LogP contribution in [0.4, 0.5) is 0 Å². The summed E-state index contributed by atoms with van der Waals surface area (Å²) in [4.78, 5) is 2.37. The standard InChI is InChI=1S/C7H13N3.2Pd/c1-3-8-7-9-4-2-6-10(7)5-1;;/h7H,1-6H2;;/q-2;;. The number of hydrogen-bond acceptors (Lipinski definition) is 1. The summed E-state index contributed by atoms with van der Waals surface area (Å²) in [5, 5.41) is 8.82. The molecule has 0 atom stereocenters. The minimum absolute atomic E-state index is 0. The van der Waals surface area contributed by atoms with Crippen LogP contribution in [-0.2, 0) is 40.8 Å². The Kier molecular flexibility index (Phi) is 7.29. The van der Waals surface area contributed by atoms with Crippen LogP contribution in [-0.4, -0.2) is 37.4 Å². The van der Waals surface area contributed by atoms with Crippen LogP contribution < -0.4 is 0 Å². The van der Waals surface area contributed by atoms with Gasteiger partial charge in [0.25, 0.3) is 0 Å². The van der Waals surface area contributed by atoms with Gasteiger partial charge in [0.1, 0.15) is 0 Å². The summed E-state index contributed by atoms with van der Waals surface area (Å²) in [5.41, 5.74) is 0. The molecule has 0 amide bonds. The Morgan fingerprint density at radius 1 is 0.917 bits per heavy atom. The molecule has 2 fully saturated rings. The second kappa shape index (κ2) is 6.63. The first-order chi connectivity index (χ1) is 4.97. The molecule has 2 rings (SSSR count). The first-order valence-corrected chi connectivity index (χ1v) is 4.04. The molecule has 2 aliphatic heterocycles. The van der Waals surface area contributed by atoms with Crippen molar-refractivity contribution in [1.29, 1.82) is 0 Å². The minimum atomic E-state index is 0. The van der Waals surface area contributed by atoms with Gasteiger partial charge >= 0.3 is 0 Å². The molecule has 78 valence electrons. The van der Waals surface area contributed by atoms with E-state index in [-0.39, 0.29) is 47.1 Å². The molecule has 12 heavy (non-hydrogen) atoms. The average molecular weight is 352 g/mol. The molecule has 0 aromatic heterocycles. The SMILES string of the molecule is C1C[N-]C2[N-]CCCN2C1.[Pd].[Pd]. The third-order valence-corrected chi connectivity index (χ3v) is 2.12. The van der Waals surface area contributed by atoms with Crippen LogP contribution in [0.15, 0.2) is 0 Å². The van der Waals surface area contributed by atoms with E-state index in [0.29, 0.717) is 0 Å². The summed E-state index contributed by atoms with van der Waals surface area (Å²) in [6.07, 6.45) is 2.69. The van der Waals surface area contributed by atoms with E-state index >= 15 is 0 Å². The zero-order valence-electron chi connectivity index (χ0n) is 6.79. The van der Waals surface area contributed by atoms with Crippen LogP contribution in [0.3, 0.4) is 0 Å². The Labute approximate surface area is 101 Å². The van der Waals surface area contributed by atoms with Crippen molar-refractivity contribution in [2.45, 2.75) is 19.1 Å². The van der Waals surface area contributed by atoms with E-state index in [1.54, 1.807) is 0 Å². The molecule has 0 aromatic carbocycles. The fourth-order valence-corrected chi connectivity index (χ4v) is 1.59. The summed E-state index contributed by atoms with van der Waals surface area (Å²) in [5.74, 6) is 0. The Hall–Kier alpha value is 1.20. The third kappa shape index (κ3) is 3.16. The molecule has 3 nitrogen and oxygen atoms in total. The van der Waals surface area contributed by atoms with Gasteiger partial charge in [-0.2, -0.15) is 6.29 Å². The van der Waals surface area contributed by atoms with E-state index in [0.717, 1.165) is 13.1 Å². The number of nitrogens with zero attached hydrogens (tertiary/aromatic N) is 3. The van der Waals surface area contributed by atoms with Gasteiger partial charge in [0.05, 0.1) is 0 Å². The van der Waals surface area contributed by atoms with Crippen LogP contribution >= 0.6 is 0 Å². The van der Waals surface area contributed by atoms with Gasteiger partial charge in [-0.25, -0.2) is 0 Å². The molecular weight excluding hydrogens is 339 g/mol. The van der Waals surface area contributed by atoms with Crippen molar-refractivity contribution in [3.63, 3.8) is 0 Å². The molecule has 0 radical (unpaired) electrons. The number of rotatable bonds is 0. The van der Waals surface area contributed by atoms with Crippen molar-refractivity contribution < 1.29 is 40.8 Å². The molecule has 5 heteroatoms. The van der Waals surface area contributed by atoms with Crippen molar-refractivity contribution in [2.24, 2.45) is 0 Å². The second-order valence-electron chi connectivity index (χ2n) is 2.90. The Bertz CT molecular complexity index is 97.2. The van der Waals surface area contributed by atoms with Gasteiger partial charge in [0.2, 0.25) is 0 Å². The second-order valence-corrected chi connectivity index (χ2v) is 2.90. The van der Waals surface area contributed by atoms with Crippen LogP contribution in [0.1, 0.15) is 12.8 Å². The van der Waals surface area contributed by atoms with E-state index in [2.05, 4.69) is 15.5 Å². The third-order valence-electron chi connectivity index (χ3n) is 2.12. The minimum Gasteiger partial charge on any atom is -0.666 e. The average Bonchev–Trinajstić information content (AvgIpc) is 2.05. The van der Waals surface area contributed by atoms with E-state index in [1.807, 2.05) is 0 Å². The normalized spacial score (nSPS) is 25.0. The summed E-state index contributed by atoms with van der Waals surface area (Å²) in [6, 6.07) is 0. The Balaban J connectivity index is 0.000000605. The maximum Gasteiger partial charge on any atom is 0 e. The predicted molar refractivity (Wildman–Crippen MR) is 41.0 cm³/mol. The smallest absolute Gasteiger partial charge is 0 e. The van der Waals surface area contributed by atoms with Gasteiger partial charge in [-0.3, -0.25) is 0 Å². The number of fused-ring (bicyclic) bond motifs is 1. The van der Waals surface area contributed by atoms with E-state index < -0.39 is 0 Å². The van der Waals surface area contributed by atoms with E-state index in [1.165, 1.54) is 25.9 Å². The quantitative estimate of drug-likeness (QED) is 0.602. The fraction of sp³-hybridized carbons (Fsp3) is 1.00. The molecule has 0 saturated carbocycles.